The average Bonchev–Trinajstić information content (AvgIpc) is 2.48. The van der Waals surface area contributed by atoms with Gasteiger partial charge in [0.1, 0.15) is 0 Å². The number of esters is 1. The molecule has 0 amide bonds. The second-order valence-electron chi connectivity index (χ2n) is 4.92. The van der Waals surface area contributed by atoms with Gasteiger partial charge in [0, 0.05) is 13.1 Å². The molecule has 5 nitrogen and oxygen atoms in total. The molecule has 0 saturated carbocycles. The van der Waals surface area contributed by atoms with Crippen LogP contribution >= 0.6 is 0 Å². The number of nitrogens with zero attached hydrogens (tertiary/aromatic N) is 1. The van der Waals surface area contributed by atoms with Crippen LogP contribution in [0.3, 0.4) is 0 Å². The molecular formula is C14H19NO4S. The SMILES string of the molecule is COC(=O)CS(=O)(=O)N1CCC(c2ccccc2)CC1. The van der Waals surface area contributed by atoms with Crippen LogP contribution in [0.4, 0.5) is 0 Å². The quantitative estimate of drug-likeness (QED) is 0.787. The van der Waals surface area contributed by atoms with Crippen molar-refractivity contribution >= 4 is 16.0 Å². The lowest BCUT2D eigenvalue weighted by Gasteiger charge is -2.31. The summed E-state index contributed by atoms with van der Waals surface area (Å²) in [6.07, 6.45) is 1.56. The van der Waals surface area contributed by atoms with E-state index in [1.165, 1.54) is 17.0 Å². The molecule has 0 radical (unpaired) electrons. The van der Waals surface area contributed by atoms with Gasteiger partial charge in [-0.15, -0.1) is 0 Å². The molecule has 0 atom stereocenters. The Hall–Kier alpha value is -1.40. The Morgan fingerprint density at radius 3 is 2.40 bits per heavy atom. The molecule has 1 heterocycles. The highest BCUT2D eigenvalue weighted by Crippen LogP contribution is 2.28. The molecule has 1 aliphatic rings. The monoisotopic (exact) mass is 297 g/mol. The number of piperidine rings is 1. The van der Waals surface area contributed by atoms with Gasteiger partial charge in [0.15, 0.2) is 5.75 Å². The Morgan fingerprint density at radius 2 is 1.85 bits per heavy atom. The van der Waals surface area contributed by atoms with E-state index >= 15 is 0 Å². The van der Waals surface area contributed by atoms with Crippen LogP contribution in [-0.2, 0) is 19.6 Å². The third kappa shape index (κ3) is 3.58. The topological polar surface area (TPSA) is 63.7 Å². The van der Waals surface area contributed by atoms with Crippen molar-refractivity contribution in [2.45, 2.75) is 18.8 Å². The highest BCUT2D eigenvalue weighted by atomic mass is 32.2. The standard InChI is InChI=1S/C14H19NO4S/c1-19-14(16)11-20(17,18)15-9-7-13(8-10-15)12-5-3-2-4-6-12/h2-6,13H,7-11H2,1H3. The third-order valence-electron chi connectivity index (χ3n) is 3.65. The molecule has 0 aromatic heterocycles. The summed E-state index contributed by atoms with van der Waals surface area (Å²) in [6.45, 7) is 0.914. The van der Waals surface area contributed by atoms with Gasteiger partial charge in [0.25, 0.3) is 0 Å². The van der Waals surface area contributed by atoms with Gasteiger partial charge in [0.05, 0.1) is 7.11 Å². The van der Waals surface area contributed by atoms with E-state index in [1.54, 1.807) is 0 Å². The fourth-order valence-corrected chi connectivity index (χ4v) is 3.86. The Balaban J connectivity index is 1.96. The number of methoxy groups -OCH3 is 1. The molecule has 0 N–H and O–H groups in total. The van der Waals surface area contributed by atoms with Crippen molar-refractivity contribution in [3.8, 4) is 0 Å². The van der Waals surface area contributed by atoms with E-state index in [4.69, 9.17) is 0 Å². The number of carbonyl (C=O) groups excluding carboxylic acids is 1. The first-order chi connectivity index (χ1) is 9.53. The first kappa shape index (κ1) is 15.0. The summed E-state index contributed by atoms with van der Waals surface area (Å²) in [4.78, 5) is 11.1. The lowest BCUT2D eigenvalue weighted by Crippen LogP contribution is -2.40. The maximum Gasteiger partial charge on any atom is 0.322 e. The smallest absolute Gasteiger partial charge is 0.322 e. The van der Waals surface area contributed by atoms with Crippen LogP contribution in [0.1, 0.15) is 24.3 Å². The van der Waals surface area contributed by atoms with Crippen molar-refractivity contribution in [2.24, 2.45) is 0 Å². The number of benzene rings is 1. The molecule has 110 valence electrons. The van der Waals surface area contributed by atoms with E-state index in [0.717, 1.165) is 12.8 Å². The van der Waals surface area contributed by atoms with Gasteiger partial charge in [-0.1, -0.05) is 30.3 Å². The van der Waals surface area contributed by atoms with Gasteiger partial charge < -0.3 is 4.74 Å². The second kappa shape index (κ2) is 6.37. The minimum absolute atomic E-state index is 0.390. The van der Waals surface area contributed by atoms with Crippen molar-refractivity contribution in [2.75, 3.05) is 26.0 Å². The fraction of sp³-hybridized carbons (Fsp3) is 0.500. The van der Waals surface area contributed by atoms with E-state index in [2.05, 4.69) is 16.9 Å². The van der Waals surface area contributed by atoms with Crippen molar-refractivity contribution in [1.29, 1.82) is 0 Å². The lowest BCUT2D eigenvalue weighted by atomic mass is 9.90. The highest BCUT2D eigenvalue weighted by Gasteiger charge is 2.30. The molecule has 0 unspecified atom stereocenters. The maximum absolute atomic E-state index is 12.0. The Bertz CT molecular complexity index is 548. The zero-order valence-corrected chi connectivity index (χ0v) is 12.3. The summed E-state index contributed by atoms with van der Waals surface area (Å²) in [5.41, 5.74) is 1.25. The first-order valence-electron chi connectivity index (χ1n) is 6.62. The Kier molecular flexibility index (Phi) is 4.77. The van der Waals surface area contributed by atoms with Crippen molar-refractivity contribution in [1.82, 2.24) is 4.31 Å². The summed E-state index contributed by atoms with van der Waals surface area (Å²) in [5.74, 6) is -0.893. The molecule has 1 aromatic carbocycles. The van der Waals surface area contributed by atoms with Crippen molar-refractivity contribution < 1.29 is 17.9 Å². The van der Waals surface area contributed by atoms with Gasteiger partial charge in [-0.05, 0) is 24.3 Å². The molecule has 6 heteroatoms. The van der Waals surface area contributed by atoms with Crippen LogP contribution in [0.2, 0.25) is 0 Å². The maximum atomic E-state index is 12.0. The molecule has 0 bridgehead atoms. The van der Waals surface area contributed by atoms with Gasteiger partial charge in [0.2, 0.25) is 10.0 Å². The molecule has 1 saturated heterocycles. The average molecular weight is 297 g/mol. The number of hydrogen-bond acceptors (Lipinski definition) is 4. The molecular weight excluding hydrogens is 278 g/mol. The molecule has 1 aliphatic heterocycles. The summed E-state index contributed by atoms with van der Waals surface area (Å²) in [5, 5.41) is 0. The van der Waals surface area contributed by atoms with Gasteiger partial charge >= 0.3 is 5.97 Å². The Labute approximate surface area is 119 Å². The van der Waals surface area contributed by atoms with Gasteiger partial charge in [-0.3, -0.25) is 4.79 Å². The van der Waals surface area contributed by atoms with Gasteiger partial charge in [-0.2, -0.15) is 0 Å². The Morgan fingerprint density at radius 1 is 1.25 bits per heavy atom. The molecule has 0 aliphatic carbocycles. The van der Waals surface area contributed by atoms with Crippen molar-refractivity contribution in [3.05, 3.63) is 35.9 Å². The van der Waals surface area contributed by atoms with Crippen LogP contribution < -0.4 is 0 Å². The zero-order chi connectivity index (χ0) is 14.6. The number of ether oxygens (including phenoxy) is 1. The summed E-state index contributed by atoms with van der Waals surface area (Å²) < 4.78 is 29.9. The number of sulfonamides is 1. The van der Waals surface area contributed by atoms with Gasteiger partial charge in [-0.25, -0.2) is 12.7 Å². The van der Waals surface area contributed by atoms with E-state index in [1.807, 2.05) is 18.2 Å². The predicted octanol–water partition coefficient (Wildman–Crippen LogP) is 1.37. The summed E-state index contributed by atoms with van der Waals surface area (Å²) in [7, 11) is -2.35. The lowest BCUT2D eigenvalue weighted by molar-refractivity contribution is -0.137. The van der Waals surface area contributed by atoms with E-state index in [-0.39, 0.29) is 0 Å². The molecule has 2 rings (SSSR count). The summed E-state index contributed by atoms with van der Waals surface area (Å²) >= 11 is 0. The minimum Gasteiger partial charge on any atom is -0.468 e. The predicted molar refractivity (Wildman–Crippen MR) is 75.8 cm³/mol. The number of hydrogen-bond donors (Lipinski definition) is 0. The molecule has 20 heavy (non-hydrogen) atoms. The van der Waals surface area contributed by atoms with Crippen LogP contribution in [0.15, 0.2) is 30.3 Å². The van der Waals surface area contributed by atoms with Crippen LogP contribution in [-0.4, -0.2) is 44.6 Å². The third-order valence-corrected chi connectivity index (χ3v) is 5.40. The van der Waals surface area contributed by atoms with Crippen LogP contribution in [0.25, 0.3) is 0 Å². The second-order valence-corrected chi connectivity index (χ2v) is 6.89. The number of rotatable bonds is 4. The van der Waals surface area contributed by atoms with Crippen molar-refractivity contribution in [3.63, 3.8) is 0 Å². The minimum atomic E-state index is -3.54. The van der Waals surface area contributed by atoms with E-state index < -0.39 is 21.7 Å². The zero-order valence-electron chi connectivity index (χ0n) is 11.5. The van der Waals surface area contributed by atoms with E-state index in [9.17, 15) is 13.2 Å². The fourth-order valence-electron chi connectivity index (χ4n) is 2.49. The largest absolute Gasteiger partial charge is 0.468 e. The first-order valence-corrected chi connectivity index (χ1v) is 8.23. The molecule has 1 fully saturated rings. The highest BCUT2D eigenvalue weighted by molar-refractivity contribution is 7.89. The van der Waals surface area contributed by atoms with E-state index in [0.29, 0.717) is 19.0 Å². The summed E-state index contributed by atoms with van der Waals surface area (Å²) in [6, 6.07) is 10.1. The molecule has 1 aromatic rings. The normalized spacial score (nSPS) is 17.9. The van der Waals surface area contributed by atoms with Crippen LogP contribution in [0.5, 0.6) is 0 Å². The molecule has 0 spiro atoms. The number of carbonyl (C=O) groups is 1. The van der Waals surface area contributed by atoms with Crippen LogP contribution in [0, 0.1) is 0 Å².